The predicted octanol–water partition coefficient (Wildman–Crippen LogP) is -4.37. The summed E-state index contributed by atoms with van der Waals surface area (Å²) in [6.45, 7) is 0.434. The number of carboxylic acids is 1. The van der Waals surface area contributed by atoms with Crippen LogP contribution in [-0.2, 0) is 14.4 Å². The lowest BCUT2D eigenvalue weighted by atomic mass is 10.2. The van der Waals surface area contributed by atoms with Crippen molar-refractivity contribution in [1.82, 2.24) is 21.5 Å². The van der Waals surface area contributed by atoms with Gasteiger partial charge in [-0.2, -0.15) is 0 Å². The first kappa shape index (κ1) is 23.4. The highest BCUT2D eigenvalue weighted by molar-refractivity contribution is 7.80. The van der Waals surface area contributed by atoms with Gasteiger partial charge in [-0.3, -0.25) is 20.4 Å². The number of aliphatic hydroxyl groups excluding tert-OH is 2. The van der Waals surface area contributed by atoms with Gasteiger partial charge in [0.2, 0.25) is 5.91 Å². The lowest BCUT2D eigenvalue weighted by molar-refractivity contribution is -0.140. The molecule has 0 aliphatic carbocycles. The van der Waals surface area contributed by atoms with E-state index in [1.165, 1.54) is 6.92 Å². The first-order valence-electron chi connectivity index (χ1n) is 7.21. The van der Waals surface area contributed by atoms with Crippen molar-refractivity contribution in [3.05, 3.63) is 0 Å². The Hall–Kier alpha value is -2.55. The molecule has 0 spiro atoms. The molecule has 0 aliphatic heterocycles. The first-order valence-corrected chi connectivity index (χ1v) is 7.62. The van der Waals surface area contributed by atoms with Gasteiger partial charge in [-0.15, -0.1) is 0 Å². The number of hydrazine groups is 1. The van der Waals surface area contributed by atoms with Gasteiger partial charge in [0.25, 0.3) is 5.91 Å². The molecule has 0 saturated carbocycles. The first-order chi connectivity index (χ1) is 12.0. The van der Waals surface area contributed by atoms with Gasteiger partial charge in [0.15, 0.2) is 6.04 Å². The summed E-state index contributed by atoms with van der Waals surface area (Å²) < 4.78 is 0. The zero-order valence-electron chi connectivity index (χ0n) is 13.8. The molecule has 0 saturated heterocycles. The van der Waals surface area contributed by atoms with Gasteiger partial charge in [-0.1, -0.05) is 12.2 Å². The second kappa shape index (κ2) is 11.1. The van der Waals surface area contributed by atoms with Gasteiger partial charge in [-0.25, -0.2) is 9.59 Å². The number of carbonyl (C=O) groups is 4. The van der Waals surface area contributed by atoms with Gasteiger partial charge in [0, 0.05) is 0 Å². The van der Waals surface area contributed by atoms with Crippen LogP contribution in [0.15, 0.2) is 0 Å². The zero-order valence-corrected chi connectivity index (χ0v) is 14.6. The summed E-state index contributed by atoms with van der Waals surface area (Å²) in [6, 6.07) is -5.07. The second-order valence-corrected chi connectivity index (χ2v) is 5.60. The Morgan fingerprint density at radius 1 is 1.12 bits per heavy atom. The maximum Gasteiger partial charge on any atom is 0.328 e. The quantitative estimate of drug-likeness (QED) is 0.135. The van der Waals surface area contributed by atoms with Crippen LogP contribution < -0.4 is 33.0 Å². The van der Waals surface area contributed by atoms with Crippen LogP contribution in [0.5, 0.6) is 0 Å². The third-order valence-corrected chi connectivity index (χ3v) is 3.33. The molecule has 0 fully saturated rings. The number of rotatable bonds is 9. The van der Waals surface area contributed by atoms with Crippen LogP contribution in [0.3, 0.4) is 0 Å². The molecule has 0 aliphatic rings. The smallest absolute Gasteiger partial charge is 0.328 e. The third-order valence-electron chi connectivity index (χ3n) is 2.94. The van der Waals surface area contributed by atoms with Gasteiger partial charge >= 0.3 is 12.0 Å². The van der Waals surface area contributed by atoms with E-state index in [-0.39, 0.29) is 4.99 Å². The molecule has 0 heterocycles. The number of carboxylic acid groups (broad SMARTS) is 1. The van der Waals surface area contributed by atoms with Crippen molar-refractivity contribution in [2.24, 2.45) is 11.5 Å². The number of amides is 4. The number of thiocarbonyl (C=S) groups is 1. The molecular formula is C12H22N6O7S. The van der Waals surface area contributed by atoms with Crippen LogP contribution in [0.2, 0.25) is 0 Å². The Morgan fingerprint density at radius 2 is 1.65 bits per heavy atom. The van der Waals surface area contributed by atoms with E-state index < -0.39 is 61.1 Å². The molecule has 0 aromatic heterocycles. The molecule has 4 amide bonds. The molecular weight excluding hydrogens is 372 g/mol. The van der Waals surface area contributed by atoms with Crippen molar-refractivity contribution in [3.8, 4) is 0 Å². The zero-order chi connectivity index (χ0) is 20.4. The second-order valence-electron chi connectivity index (χ2n) is 5.16. The van der Waals surface area contributed by atoms with E-state index in [1.54, 1.807) is 0 Å². The van der Waals surface area contributed by atoms with Crippen LogP contribution in [0, 0.1) is 0 Å². The minimum Gasteiger partial charge on any atom is -0.480 e. The number of primary amides is 1. The van der Waals surface area contributed by atoms with Crippen LogP contribution in [-0.4, -0.2) is 75.0 Å². The van der Waals surface area contributed by atoms with Crippen molar-refractivity contribution in [3.63, 3.8) is 0 Å². The molecule has 148 valence electrons. The van der Waals surface area contributed by atoms with Crippen LogP contribution in [0.1, 0.15) is 13.3 Å². The summed E-state index contributed by atoms with van der Waals surface area (Å²) in [6.07, 6.45) is -1.60. The highest BCUT2D eigenvalue weighted by Gasteiger charge is 2.25. The molecule has 26 heavy (non-hydrogen) atoms. The molecule has 4 atom stereocenters. The Kier molecular flexibility index (Phi) is 10.0. The van der Waals surface area contributed by atoms with Crippen molar-refractivity contribution >= 4 is 41.0 Å². The van der Waals surface area contributed by atoms with Crippen LogP contribution in [0.25, 0.3) is 0 Å². The summed E-state index contributed by atoms with van der Waals surface area (Å²) in [5, 5.41) is 31.0. The van der Waals surface area contributed by atoms with Crippen LogP contribution in [0.4, 0.5) is 4.79 Å². The van der Waals surface area contributed by atoms with Crippen molar-refractivity contribution in [2.75, 3.05) is 6.61 Å². The highest BCUT2D eigenvalue weighted by Crippen LogP contribution is 1.95. The SMILES string of the molecule is CC(O)C(N)C(=O)NNC(=S)C(CC(N)=O)NC(=O)NC(CO)C(=O)O. The van der Waals surface area contributed by atoms with E-state index in [4.69, 9.17) is 33.9 Å². The minimum absolute atomic E-state index is 0.235. The average molecular weight is 394 g/mol. The van der Waals surface area contributed by atoms with E-state index in [2.05, 4.69) is 16.2 Å². The Balaban J connectivity index is 4.84. The fraction of sp³-hybridized carbons (Fsp3) is 0.583. The number of hydrogen-bond donors (Lipinski definition) is 9. The summed E-state index contributed by atoms with van der Waals surface area (Å²) in [5.74, 6) is -3.13. The molecule has 0 bridgehead atoms. The Bertz CT molecular complexity index is 558. The molecule has 13 nitrogen and oxygen atoms in total. The number of carbonyl (C=O) groups excluding carboxylic acids is 3. The van der Waals surface area contributed by atoms with Gasteiger partial charge in [-0.05, 0) is 6.92 Å². The van der Waals surface area contributed by atoms with E-state index in [1.807, 2.05) is 5.32 Å². The highest BCUT2D eigenvalue weighted by atomic mass is 32.1. The number of aliphatic carboxylic acids is 1. The lowest BCUT2D eigenvalue weighted by Gasteiger charge is -2.22. The van der Waals surface area contributed by atoms with Crippen molar-refractivity contribution in [1.29, 1.82) is 0 Å². The van der Waals surface area contributed by atoms with Crippen LogP contribution >= 0.6 is 12.2 Å². The number of aliphatic hydroxyl groups is 2. The van der Waals surface area contributed by atoms with Crippen molar-refractivity contribution in [2.45, 2.75) is 37.6 Å². The van der Waals surface area contributed by atoms with E-state index in [0.717, 1.165) is 0 Å². The standard InChI is InChI=1S/C12H22N6O7S/c1-4(20)8(14)9(22)17-18-10(26)5(2-7(13)21)15-12(25)16-6(3-19)11(23)24/h4-6,8,19-20H,2-3,14H2,1H3,(H2,13,21)(H,17,22)(H,18,26)(H,23,24)(H2,15,16,25). The fourth-order valence-electron chi connectivity index (χ4n) is 1.47. The predicted molar refractivity (Wildman–Crippen MR) is 91.3 cm³/mol. The maximum absolute atomic E-state index is 11.8. The summed E-state index contributed by atoms with van der Waals surface area (Å²) >= 11 is 4.93. The molecule has 0 aromatic rings. The molecule has 0 aromatic carbocycles. The lowest BCUT2D eigenvalue weighted by Crippen LogP contribution is -2.58. The third kappa shape index (κ3) is 8.52. The minimum atomic E-state index is -1.57. The van der Waals surface area contributed by atoms with E-state index in [9.17, 15) is 24.3 Å². The summed E-state index contributed by atoms with van der Waals surface area (Å²) in [4.78, 5) is 45.0. The molecule has 0 radical (unpaired) electrons. The van der Waals surface area contributed by atoms with Gasteiger partial charge in [0.05, 0.1) is 25.2 Å². The van der Waals surface area contributed by atoms with Gasteiger partial charge < -0.3 is 37.4 Å². The molecule has 14 heteroatoms. The topological polar surface area (TPSA) is 229 Å². The molecule has 0 rings (SSSR count). The van der Waals surface area contributed by atoms with Crippen molar-refractivity contribution < 1.29 is 34.5 Å². The monoisotopic (exact) mass is 394 g/mol. The average Bonchev–Trinajstić information content (AvgIpc) is 2.54. The molecule has 11 N–H and O–H groups in total. The van der Waals surface area contributed by atoms with E-state index in [0.29, 0.717) is 0 Å². The largest absolute Gasteiger partial charge is 0.480 e. The summed E-state index contributed by atoms with van der Waals surface area (Å²) in [7, 11) is 0. The maximum atomic E-state index is 11.8. The Labute approximate surface area is 153 Å². The van der Waals surface area contributed by atoms with E-state index >= 15 is 0 Å². The number of hydrogen-bond acceptors (Lipinski definition) is 8. The number of nitrogens with two attached hydrogens (primary N) is 2. The normalized spacial score (nSPS) is 14.9. The molecule has 4 unspecified atom stereocenters. The number of nitrogens with one attached hydrogen (secondary N) is 4. The Morgan fingerprint density at radius 3 is 2.08 bits per heavy atom. The fourth-order valence-corrected chi connectivity index (χ4v) is 1.66. The summed E-state index contributed by atoms with van der Waals surface area (Å²) in [5.41, 5.74) is 14.8. The number of urea groups is 1. The van der Waals surface area contributed by atoms with Gasteiger partial charge in [0.1, 0.15) is 11.0 Å².